The maximum absolute atomic E-state index is 11.3. The molecule has 3 N–H and O–H groups in total. The summed E-state index contributed by atoms with van der Waals surface area (Å²) in [7, 11) is 9.26. The molecule has 12 heteroatoms. The summed E-state index contributed by atoms with van der Waals surface area (Å²) in [6, 6.07) is 0.0277. The van der Waals surface area contributed by atoms with Crippen molar-refractivity contribution in [2.75, 3.05) is 35.3 Å². The third kappa shape index (κ3) is 18.5. The normalized spacial score (nSPS) is 34.1. The first-order chi connectivity index (χ1) is 25.7. The first-order valence-electron chi connectivity index (χ1n) is 20.8. The van der Waals surface area contributed by atoms with Crippen LogP contribution in [-0.4, -0.2) is 156 Å². The molecule has 0 spiro atoms. The third-order valence-corrected chi connectivity index (χ3v) is 12.1. The van der Waals surface area contributed by atoms with Crippen molar-refractivity contribution in [2.45, 2.75) is 175 Å². The zero-order chi connectivity index (χ0) is 41.4. The van der Waals surface area contributed by atoms with E-state index < -0.39 is 17.8 Å². The summed E-state index contributed by atoms with van der Waals surface area (Å²) in [5.74, 6) is 1.88. The minimum absolute atomic E-state index is 0. The first kappa shape index (κ1) is 60.4. The van der Waals surface area contributed by atoms with Crippen molar-refractivity contribution in [3.05, 3.63) is 55.0 Å². The standard InChI is InChI=1S/C32H53NO4.C13H25NO4.CH4.CH3.BrH.Mg/c1-10-28-21(3)12-15-29(37-28)22(4)17-20(2)11-13-25-23(5)26(25)14-16-30-31(34)27(33(8)9)18-24(36-30)19-32(6,7)35;1-8(2)13-12(16)10(14(3)4)6-9(18-13)7-11(15)17-5;;;;/h11-14,16-17,20,23-31,34-35H,10,15,18-19H2,1-9H3;8-10,12-13,16H,6-7H2,1-5H3;1H4;1H3;1H;/q;;;-1;;+2/p-1/b13-11+,16-14+,22-17+;;;;;/t20-,23-,24+,25+,26+,27+,28-,29-,30+,31-;9-,10-,12+,13-;;;;/m10..../s1. The molecule has 3 heterocycles. The molecule has 3 fully saturated rings. The van der Waals surface area contributed by atoms with Crippen LogP contribution in [0.4, 0.5) is 0 Å². The number of halogens is 1. The largest absolute Gasteiger partial charge is 2.00 e. The summed E-state index contributed by atoms with van der Waals surface area (Å²) in [6.45, 7) is 18.8. The van der Waals surface area contributed by atoms with E-state index in [1.165, 1.54) is 18.3 Å². The molecule has 0 unspecified atom stereocenters. The molecule has 0 radical (unpaired) electrons. The number of esters is 1. The van der Waals surface area contributed by atoms with Gasteiger partial charge in [0.05, 0.1) is 61.9 Å². The smallest absolute Gasteiger partial charge is 1.00 e. The van der Waals surface area contributed by atoms with Crippen LogP contribution in [-0.2, 0) is 23.7 Å². The van der Waals surface area contributed by atoms with Crippen molar-refractivity contribution in [2.24, 2.45) is 29.6 Å². The number of rotatable bonds is 14. The van der Waals surface area contributed by atoms with Gasteiger partial charge in [0.15, 0.2) is 0 Å². The molecule has 1 saturated carbocycles. The molecule has 0 aromatic rings. The Morgan fingerprint density at radius 1 is 0.966 bits per heavy atom. The van der Waals surface area contributed by atoms with Gasteiger partial charge in [0.25, 0.3) is 0 Å². The summed E-state index contributed by atoms with van der Waals surface area (Å²) in [5.41, 5.74) is 1.88. The van der Waals surface area contributed by atoms with Crippen LogP contribution >= 0.6 is 0 Å². The van der Waals surface area contributed by atoms with Gasteiger partial charge in [-0.2, -0.15) is 0 Å². The zero-order valence-corrected chi connectivity index (χ0v) is 41.7. The molecule has 10 nitrogen and oxygen atoms in total. The van der Waals surface area contributed by atoms with E-state index in [0.717, 1.165) is 19.3 Å². The second kappa shape index (κ2) is 27.5. The van der Waals surface area contributed by atoms with Gasteiger partial charge in [0.1, 0.15) is 6.10 Å². The molecule has 0 bridgehead atoms. The van der Waals surface area contributed by atoms with Crippen molar-refractivity contribution in [3.63, 3.8) is 0 Å². The molecule has 0 aromatic carbocycles. The number of hydrogen-bond acceptors (Lipinski definition) is 10. The summed E-state index contributed by atoms with van der Waals surface area (Å²) < 4.78 is 23.1. The van der Waals surface area contributed by atoms with Gasteiger partial charge in [0.2, 0.25) is 0 Å². The number of likely N-dealkylation sites (N-methyl/N-ethyl adjacent to an activating group) is 2. The average Bonchev–Trinajstić information content (AvgIpc) is 3.73. The minimum atomic E-state index is -0.793. The fourth-order valence-electron chi connectivity index (χ4n) is 8.55. The molecular formula is C47H85BrMgN2O8. The van der Waals surface area contributed by atoms with Gasteiger partial charge in [-0.3, -0.25) is 4.79 Å². The Kier molecular flexibility index (Phi) is 28.2. The molecule has 0 amide bonds. The van der Waals surface area contributed by atoms with E-state index in [9.17, 15) is 20.1 Å². The van der Waals surface area contributed by atoms with Gasteiger partial charge in [0, 0.05) is 18.5 Å². The minimum Gasteiger partial charge on any atom is -1.00 e. The molecule has 2 saturated heterocycles. The fourth-order valence-corrected chi connectivity index (χ4v) is 8.55. The number of nitrogens with zero attached hydrogens (tertiary/aromatic N) is 2. The Hall–Kier alpha value is -0.644. The van der Waals surface area contributed by atoms with E-state index in [1.54, 1.807) is 0 Å². The predicted octanol–water partition coefficient (Wildman–Crippen LogP) is 4.05. The van der Waals surface area contributed by atoms with Crippen LogP contribution in [0, 0.1) is 37.0 Å². The monoisotopic (exact) mass is 909 g/mol. The molecule has 59 heavy (non-hydrogen) atoms. The van der Waals surface area contributed by atoms with E-state index in [-0.39, 0.29) is 122 Å². The number of hydrogen-bond donors (Lipinski definition) is 3. The number of carbonyl (C=O) groups excluding carboxylic acids is 1. The van der Waals surface area contributed by atoms with E-state index in [1.807, 2.05) is 60.8 Å². The van der Waals surface area contributed by atoms with Crippen LogP contribution in [0.25, 0.3) is 0 Å². The van der Waals surface area contributed by atoms with E-state index in [0.29, 0.717) is 36.5 Å². The van der Waals surface area contributed by atoms with Crippen molar-refractivity contribution in [1.29, 1.82) is 0 Å². The first-order valence-corrected chi connectivity index (χ1v) is 20.8. The molecule has 14 atom stereocenters. The average molecular weight is 910 g/mol. The molecule has 1 aliphatic carbocycles. The number of allylic oxidation sites excluding steroid dienone is 4. The van der Waals surface area contributed by atoms with Gasteiger partial charge in [-0.05, 0) is 122 Å². The van der Waals surface area contributed by atoms with Crippen LogP contribution in [0.3, 0.4) is 0 Å². The van der Waals surface area contributed by atoms with Gasteiger partial charge < -0.3 is 68.5 Å². The second-order valence-electron chi connectivity index (χ2n) is 18.3. The molecule has 4 rings (SSSR count). The van der Waals surface area contributed by atoms with E-state index in [4.69, 9.17) is 14.2 Å². The number of aliphatic hydroxyl groups excluding tert-OH is 2. The Labute approximate surface area is 387 Å². The Bertz CT molecular complexity index is 1320. The SMILES string of the molecule is C.CC[C@H]1O[C@@H](/C(C)=C/[C@H](C)/C=C/[C@H]2[C@@H](C)[C@@H]2/C=C/[C@@H]2O[C@H](CC(C)(C)O)C[C@H](N(C)C)[C@H]2O)CC=C1C.COC(=O)C[C@@H]1C[C@H](N(C)C)[C@@H](O)[C@H](C(C)C)O1.[Br-].[CH3-].[Mg+2]. The number of carbonyl (C=O) groups is 1. The number of ether oxygens (including phenoxy) is 4. The Morgan fingerprint density at radius 2 is 1.53 bits per heavy atom. The maximum Gasteiger partial charge on any atom is 2.00 e. The molecule has 4 aliphatic rings. The van der Waals surface area contributed by atoms with Crippen molar-refractivity contribution in [3.8, 4) is 0 Å². The van der Waals surface area contributed by atoms with Gasteiger partial charge in [-0.25, -0.2) is 0 Å². The molecular weight excluding hydrogens is 825 g/mol. The predicted molar refractivity (Wildman–Crippen MR) is 239 cm³/mol. The Morgan fingerprint density at radius 3 is 2.05 bits per heavy atom. The Balaban J connectivity index is 0. The van der Waals surface area contributed by atoms with Crippen molar-refractivity contribution >= 4 is 29.0 Å². The van der Waals surface area contributed by atoms with E-state index >= 15 is 0 Å². The number of methoxy groups -OCH3 is 1. The van der Waals surface area contributed by atoms with Crippen LogP contribution in [0.5, 0.6) is 0 Å². The summed E-state index contributed by atoms with van der Waals surface area (Å²) in [6.07, 6.45) is 16.4. The van der Waals surface area contributed by atoms with Crippen LogP contribution in [0.2, 0.25) is 0 Å². The van der Waals surface area contributed by atoms with Gasteiger partial charge in [-0.15, -0.1) is 0 Å². The van der Waals surface area contributed by atoms with Crippen LogP contribution < -0.4 is 17.0 Å². The summed E-state index contributed by atoms with van der Waals surface area (Å²) >= 11 is 0. The van der Waals surface area contributed by atoms with Crippen molar-refractivity contribution < 1.29 is 56.0 Å². The third-order valence-electron chi connectivity index (χ3n) is 12.1. The molecule has 0 aromatic heterocycles. The molecule has 3 aliphatic heterocycles. The summed E-state index contributed by atoms with van der Waals surface area (Å²) in [5, 5.41) is 31.6. The van der Waals surface area contributed by atoms with Gasteiger partial charge >= 0.3 is 29.0 Å². The molecule has 340 valence electrons. The second-order valence-corrected chi connectivity index (χ2v) is 18.3. The maximum atomic E-state index is 11.3. The van der Waals surface area contributed by atoms with Gasteiger partial charge in [-0.1, -0.05) is 78.5 Å². The van der Waals surface area contributed by atoms with Crippen molar-refractivity contribution in [1.82, 2.24) is 9.80 Å². The topological polar surface area (TPSA) is 121 Å². The fraction of sp³-hybridized carbons (Fsp3) is 0.787. The number of aliphatic hydroxyl groups is 3. The zero-order valence-electron chi connectivity index (χ0n) is 38.7. The quantitative estimate of drug-likeness (QED) is 0.102. The summed E-state index contributed by atoms with van der Waals surface area (Å²) in [4.78, 5) is 15.4. The van der Waals surface area contributed by atoms with Crippen LogP contribution in [0.15, 0.2) is 47.6 Å². The van der Waals surface area contributed by atoms with Crippen LogP contribution in [0.1, 0.15) is 108 Å². The van der Waals surface area contributed by atoms with E-state index in [2.05, 4.69) is 80.7 Å².